The Bertz CT molecular complexity index is 870. The van der Waals surface area contributed by atoms with E-state index < -0.39 is 17.4 Å². The van der Waals surface area contributed by atoms with E-state index in [0.29, 0.717) is 11.1 Å². The van der Waals surface area contributed by atoms with Crippen molar-refractivity contribution in [2.24, 2.45) is 0 Å². The van der Waals surface area contributed by atoms with Crippen LogP contribution in [0.4, 0.5) is 0 Å². The molecule has 2 rings (SSSR count). The Balaban J connectivity index is 2.50. The molecule has 0 heterocycles. The van der Waals surface area contributed by atoms with Crippen LogP contribution in [0.5, 0.6) is 0 Å². The molecule has 6 nitrogen and oxygen atoms in total. The minimum Gasteiger partial charge on any atom is -0.465 e. The first kappa shape index (κ1) is 23.1. The number of rotatable bonds is 6. The summed E-state index contributed by atoms with van der Waals surface area (Å²) in [5.41, 5.74) is 1.16. The van der Waals surface area contributed by atoms with Crippen molar-refractivity contribution in [3.8, 4) is 0 Å². The molecular formula is C24H30N2O4. The molecule has 0 saturated heterocycles. The topological polar surface area (TPSA) is 66.9 Å². The zero-order valence-corrected chi connectivity index (χ0v) is 18.3. The molecule has 0 atom stereocenters. The number of aryl methyl sites for hydroxylation is 1. The van der Waals surface area contributed by atoms with Gasteiger partial charge in [-0.3, -0.25) is 14.4 Å². The Morgan fingerprint density at radius 3 is 1.90 bits per heavy atom. The first-order valence-electron chi connectivity index (χ1n) is 10.1. The number of ether oxygens (including phenoxy) is 1. The summed E-state index contributed by atoms with van der Waals surface area (Å²) in [6.45, 7) is 9.03. The Kier molecular flexibility index (Phi) is 7.75. The Labute approximate surface area is 178 Å². The molecule has 0 aliphatic rings. The molecule has 30 heavy (non-hydrogen) atoms. The van der Waals surface area contributed by atoms with Gasteiger partial charge in [-0.25, -0.2) is 10.0 Å². The van der Waals surface area contributed by atoms with E-state index >= 15 is 0 Å². The Morgan fingerprint density at radius 1 is 0.833 bits per heavy atom. The normalized spacial score (nSPS) is 11.0. The monoisotopic (exact) mass is 410 g/mol. The number of carbonyl (C=O) groups is 3. The lowest BCUT2D eigenvalue weighted by molar-refractivity contribution is -0.148. The Morgan fingerprint density at radius 2 is 1.40 bits per heavy atom. The zero-order chi connectivity index (χ0) is 22.3. The maximum absolute atomic E-state index is 13.5. The number of carbonyl (C=O) groups excluding carboxylic acids is 3. The van der Waals surface area contributed by atoms with Crippen molar-refractivity contribution in [3.63, 3.8) is 0 Å². The van der Waals surface area contributed by atoms with Gasteiger partial charge in [0.1, 0.15) is 6.54 Å². The molecule has 2 amide bonds. The van der Waals surface area contributed by atoms with Crippen LogP contribution in [-0.2, 0) is 16.0 Å². The summed E-state index contributed by atoms with van der Waals surface area (Å²) >= 11 is 0. The molecule has 2 aromatic carbocycles. The summed E-state index contributed by atoms with van der Waals surface area (Å²) in [5, 5.41) is 2.53. The van der Waals surface area contributed by atoms with Crippen LogP contribution in [0.1, 0.15) is 60.9 Å². The molecular weight excluding hydrogens is 380 g/mol. The minimum atomic E-state index is -0.766. The molecule has 0 aliphatic heterocycles. The summed E-state index contributed by atoms with van der Waals surface area (Å²) < 4.78 is 5.07. The van der Waals surface area contributed by atoms with Gasteiger partial charge < -0.3 is 4.74 Å². The summed E-state index contributed by atoms with van der Waals surface area (Å²) in [6, 6.07) is 15.9. The fraction of sp³-hybridized carbons (Fsp3) is 0.375. The van der Waals surface area contributed by atoms with Gasteiger partial charge in [0.2, 0.25) is 0 Å². The number of hydrogen-bond donors (Lipinski definition) is 0. The van der Waals surface area contributed by atoms with E-state index in [-0.39, 0.29) is 19.1 Å². The first-order chi connectivity index (χ1) is 14.2. The third kappa shape index (κ3) is 5.69. The van der Waals surface area contributed by atoms with Crippen molar-refractivity contribution in [3.05, 3.63) is 71.3 Å². The van der Waals surface area contributed by atoms with Crippen LogP contribution in [0, 0.1) is 0 Å². The van der Waals surface area contributed by atoms with Gasteiger partial charge in [0.25, 0.3) is 11.8 Å². The van der Waals surface area contributed by atoms with Gasteiger partial charge in [0, 0.05) is 11.1 Å². The highest BCUT2D eigenvalue weighted by atomic mass is 16.5. The molecule has 0 aliphatic carbocycles. The van der Waals surface area contributed by atoms with Gasteiger partial charge in [-0.15, -0.1) is 0 Å². The van der Waals surface area contributed by atoms with Crippen LogP contribution in [0.25, 0.3) is 0 Å². The third-order valence-corrected chi connectivity index (χ3v) is 4.52. The zero-order valence-electron chi connectivity index (χ0n) is 18.3. The molecule has 0 fully saturated rings. The lowest BCUT2D eigenvalue weighted by Gasteiger charge is -2.43. The molecule has 0 spiro atoms. The average molecular weight is 411 g/mol. The summed E-state index contributed by atoms with van der Waals surface area (Å²) in [7, 11) is 0. The quantitative estimate of drug-likeness (QED) is 0.531. The van der Waals surface area contributed by atoms with E-state index in [4.69, 9.17) is 4.74 Å². The van der Waals surface area contributed by atoms with Gasteiger partial charge in [-0.1, -0.05) is 37.3 Å². The lowest BCUT2D eigenvalue weighted by atomic mass is 10.0. The highest BCUT2D eigenvalue weighted by molar-refractivity contribution is 6.00. The number of hydrazine groups is 1. The van der Waals surface area contributed by atoms with Crippen LogP contribution in [0.15, 0.2) is 54.6 Å². The van der Waals surface area contributed by atoms with Crippen molar-refractivity contribution in [2.75, 3.05) is 13.2 Å². The number of hydrogen-bond acceptors (Lipinski definition) is 4. The first-order valence-corrected chi connectivity index (χ1v) is 10.1. The molecule has 0 saturated carbocycles. The van der Waals surface area contributed by atoms with Gasteiger partial charge in [0.05, 0.1) is 12.1 Å². The lowest BCUT2D eigenvalue weighted by Crippen LogP contribution is -2.59. The Hall–Kier alpha value is -3.15. The van der Waals surface area contributed by atoms with Crippen LogP contribution >= 0.6 is 0 Å². The summed E-state index contributed by atoms with van der Waals surface area (Å²) in [4.78, 5) is 39.1. The van der Waals surface area contributed by atoms with Crippen molar-refractivity contribution in [2.45, 2.75) is 46.6 Å². The second kappa shape index (κ2) is 10.1. The van der Waals surface area contributed by atoms with Crippen LogP contribution in [-0.4, -0.2) is 46.5 Å². The second-order valence-electron chi connectivity index (χ2n) is 7.87. The molecule has 0 unspecified atom stereocenters. The highest BCUT2D eigenvalue weighted by Gasteiger charge is 2.37. The van der Waals surface area contributed by atoms with Gasteiger partial charge >= 0.3 is 5.97 Å². The van der Waals surface area contributed by atoms with E-state index in [2.05, 4.69) is 0 Å². The van der Waals surface area contributed by atoms with E-state index in [1.54, 1.807) is 49.4 Å². The number of esters is 1. The predicted octanol–water partition coefficient (Wildman–Crippen LogP) is 4.11. The molecule has 0 N–H and O–H groups in total. The van der Waals surface area contributed by atoms with Crippen molar-refractivity contribution in [1.29, 1.82) is 0 Å². The number of benzene rings is 2. The minimum absolute atomic E-state index is 0.189. The van der Waals surface area contributed by atoms with E-state index in [1.807, 2.05) is 39.8 Å². The molecule has 0 bridgehead atoms. The molecule has 6 heteroatoms. The molecule has 160 valence electrons. The predicted molar refractivity (Wildman–Crippen MR) is 116 cm³/mol. The highest BCUT2D eigenvalue weighted by Crippen LogP contribution is 2.23. The maximum Gasteiger partial charge on any atom is 0.327 e. The summed E-state index contributed by atoms with van der Waals surface area (Å²) in [5.74, 6) is -1.39. The van der Waals surface area contributed by atoms with Gasteiger partial charge in [0.15, 0.2) is 0 Å². The van der Waals surface area contributed by atoms with E-state index in [9.17, 15) is 14.4 Å². The van der Waals surface area contributed by atoms with Crippen LogP contribution in [0.3, 0.4) is 0 Å². The maximum atomic E-state index is 13.5. The third-order valence-electron chi connectivity index (χ3n) is 4.52. The fourth-order valence-electron chi connectivity index (χ4n) is 3.07. The van der Waals surface area contributed by atoms with Crippen molar-refractivity contribution in [1.82, 2.24) is 10.0 Å². The van der Waals surface area contributed by atoms with Gasteiger partial charge in [-0.05, 0) is 63.9 Å². The van der Waals surface area contributed by atoms with Gasteiger partial charge in [-0.2, -0.15) is 0 Å². The smallest absolute Gasteiger partial charge is 0.327 e. The van der Waals surface area contributed by atoms with Crippen molar-refractivity contribution < 1.29 is 19.1 Å². The van der Waals surface area contributed by atoms with Crippen LogP contribution < -0.4 is 0 Å². The van der Waals surface area contributed by atoms with Crippen molar-refractivity contribution >= 4 is 17.8 Å². The number of nitrogens with zero attached hydrogens (tertiary/aromatic N) is 2. The summed E-state index contributed by atoms with van der Waals surface area (Å²) in [6.07, 6.45) is 0.860. The molecule has 0 aromatic heterocycles. The fourth-order valence-corrected chi connectivity index (χ4v) is 3.07. The largest absolute Gasteiger partial charge is 0.465 e. The standard InChI is InChI=1S/C24H30N2O4/c1-6-18-13-15-20(16-14-18)23(29)26(24(3,4)5)25(17-21(27)30-7-2)22(28)19-11-9-8-10-12-19/h8-16H,6-7,17H2,1-5H3. The van der Waals surface area contributed by atoms with E-state index in [0.717, 1.165) is 12.0 Å². The van der Waals surface area contributed by atoms with Crippen LogP contribution in [0.2, 0.25) is 0 Å². The number of amides is 2. The van der Waals surface area contributed by atoms with E-state index in [1.165, 1.54) is 10.0 Å². The molecule has 2 aromatic rings. The SMILES string of the molecule is CCOC(=O)CN(C(=O)c1ccccc1)N(C(=O)c1ccc(CC)cc1)C(C)(C)C. The molecule has 0 radical (unpaired) electrons. The second-order valence-corrected chi connectivity index (χ2v) is 7.87. The average Bonchev–Trinajstić information content (AvgIpc) is 2.72.